The fourth-order valence-corrected chi connectivity index (χ4v) is 2.40. The van der Waals surface area contributed by atoms with Crippen LogP contribution in [0.1, 0.15) is 24.5 Å². The second-order valence-electron chi connectivity index (χ2n) is 6.60. The van der Waals surface area contributed by atoms with Crippen LogP contribution in [0.2, 0.25) is 0 Å². The standard InChI is InChI=1S/C17H20F4N6/c1-27(2)6-5-22-17-23-12(9-3-4-9)8-13(24-17)25-26-16-14(20)10(18)7-11(19)15(16)21/h7-9,26H,3-6H2,1-2H3,(H2,22,23,24,25). The molecule has 0 spiro atoms. The van der Waals surface area contributed by atoms with Gasteiger partial charge in [0.05, 0.1) is 5.69 Å². The Morgan fingerprint density at radius 1 is 1.00 bits per heavy atom. The van der Waals surface area contributed by atoms with Gasteiger partial charge in [-0.25, -0.2) is 22.5 Å². The molecule has 146 valence electrons. The number of benzene rings is 1. The molecular formula is C17H20F4N6. The maximum absolute atomic E-state index is 13.8. The Morgan fingerprint density at radius 3 is 2.26 bits per heavy atom. The van der Waals surface area contributed by atoms with Crippen LogP contribution in [0.4, 0.5) is 35.0 Å². The van der Waals surface area contributed by atoms with E-state index in [1.54, 1.807) is 6.07 Å². The van der Waals surface area contributed by atoms with Gasteiger partial charge >= 0.3 is 0 Å². The van der Waals surface area contributed by atoms with Gasteiger partial charge in [0.25, 0.3) is 0 Å². The molecule has 0 radical (unpaired) electrons. The SMILES string of the molecule is CN(C)CCNc1nc(NNc2c(F)c(F)cc(F)c2F)cc(C2CC2)n1. The molecule has 0 unspecified atom stereocenters. The Labute approximate surface area is 154 Å². The van der Waals surface area contributed by atoms with Crippen molar-refractivity contribution in [2.75, 3.05) is 43.4 Å². The molecule has 1 aromatic carbocycles. The van der Waals surface area contributed by atoms with Crippen molar-refractivity contribution in [2.24, 2.45) is 0 Å². The monoisotopic (exact) mass is 384 g/mol. The molecule has 1 aromatic heterocycles. The number of aromatic nitrogens is 2. The first kappa shape index (κ1) is 19.2. The predicted octanol–water partition coefficient (Wildman–Crippen LogP) is 3.32. The molecule has 0 bridgehead atoms. The third kappa shape index (κ3) is 4.76. The Balaban J connectivity index is 1.77. The van der Waals surface area contributed by atoms with Crippen LogP contribution in [0.25, 0.3) is 0 Å². The summed E-state index contributed by atoms with van der Waals surface area (Å²) in [6.07, 6.45) is 2.00. The van der Waals surface area contributed by atoms with E-state index in [1.165, 1.54) is 0 Å². The Morgan fingerprint density at radius 2 is 1.67 bits per heavy atom. The molecule has 27 heavy (non-hydrogen) atoms. The van der Waals surface area contributed by atoms with E-state index >= 15 is 0 Å². The minimum absolute atomic E-state index is 0.151. The fraction of sp³-hybridized carbons (Fsp3) is 0.412. The van der Waals surface area contributed by atoms with Gasteiger partial charge in [0.1, 0.15) is 11.5 Å². The molecule has 6 nitrogen and oxygen atoms in total. The van der Waals surface area contributed by atoms with Crippen LogP contribution in [0.5, 0.6) is 0 Å². The first-order chi connectivity index (χ1) is 12.8. The summed E-state index contributed by atoms with van der Waals surface area (Å²) in [5.74, 6) is -5.15. The molecule has 3 rings (SSSR count). The van der Waals surface area contributed by atoms with Crippen LogP contribution < -0.4 is 16.2 Å². The number of hydrogen-bond acceptors (Lipinski definition) is 6. The quantitative estimate of drug-likeness (QED) is 0.369. The molecule has 0 atom stereocenters. The van der Waals surface area contributed by atoms with E-state index < -0.39 is 29.0 Å². The molecule has 0 amide bonds. The molecule has 0 aliphatic heterocycles. The topological polar surface area (TPSA) is 65.1 Å². The lowest BCUT2D eigenvalue weighted by Gasteiger charge is -2.14. The highest BCUT2D eigenvalue weighted by Crippen LogP contribution is 2.39. The van der Waals surface area contributed by atoms with Crippen LogP contribution >= 0.6 is 0 Å². The minimum Gasteiger partial charge on any atom is -0.353 e. The van der Waals surface area contributed by atoms with E-state index in [9.17, 15) is 17.6 Å². The van der Waals surface area contributed by atoms with Gasteiger partial charge < -0.3 is 10.2 Å². The summed E-state index contributed by atoms with van der Waals surface area (Å²) in [5.41, 5.74) is 4.48. The zero-order valence-corrected chi connectivity index (χ0v) is 14.9. The van der Waals surface area contributed by atoms with Crippen LogP contribution in [0.15, 0.2) is 12.1 Å². The zero-order chi connectivity index (χ0) is 19.6. The summed E-state index contributed by atoms with van der Waals surface area (Å²) < 4.78 is 54.1. The molecule has 0 saturated heterocycles. The predicted molar refractivity (Wildman–Crippen MR) is 94.6 cm³/mol. The third-order valence-corrected chi connectivity index (χ3v) is 4.01. The molecule has 1 aliphatic carbocycles. The van der Waals surface area contributed by atoms with Gasteiger partial charge in [0.2, 0.25) is 5.95 Å². The summed E-state index contributed by atoms with van der Waals surface area (Å²) in [6, 6.07) is 1.78. The van der Waals surface area contributed by atoms with Crippen molar-refractivity contribution in [1.82, 2.24) is 14.9 Å². The third-order valence-electron chi connectivity index (χ3n) is 4.01. The van der Waals surface area contributed by atoms with E-state index in [1.807, 2.05) is 19.0 Å². The van der Waals surface area contributed by atoms with Gasteiger partial charge in [-0.3, -0.25) is 10.9 Å². The van der Waals surface area contributed by atoms with E-state index in [2.05, 4.69) is 26.1 Å². The number of hydrazine groups is 1. The maximum Gasteiger partial charge on any atom is 0.224 e. The number of halogens is 4. The lowest BCUT2D eigenvalue weighted by molar-refractivity contribution is 0.425. The van der Waals surface area contributed by atoms with Gasteiger partial charge in [-0.15, -0.1) is 0 Å². The lowest BCUT2D eigenvalue weighted by Crippen LogP contribution is -2.22. The normalized spacial score (nSPS) is 13.7. The van der Waals surface area contributed by atoms with E-state index in [4.69, 9.17) is 0 Å². The van der Waals surface area contributed by atoms with E-state index in [-0.39, 0.29) is 11.9 Å². The molecular weight excluding hydrogens is 364 g/mol. The number of anilines is 3. The highest BCUT2D eigenvalue weighted by atomic mass is 19.2. The zero-order valence-electron chi connectivity index (χ0n) is 14.9. The highest BCUT2D eigenvalue weighted by Gasteiger charge is 2.26. The van der Waals surface area contributed by atoms with Gasteiger partial charge in [-0.2, -0.15) is 4.98 Å². The van der Waals surface area contributed by atoms with E-state index in [0.717, 1.165) is 25.1 Å². The Hall–Kier alpha value is -2.62. The molecule has 1 fully saturated rings. The van der Waals surface area contributed by atoms with Gasteiger partial charge in [-0.05, 0) is 26.9 Å². The summed E-state index contributed by atoms with van der Waals surface area (Å²) in [5, 5.41) is 3.08. The number of hydrogen-bond donors (Lipinski definition) is 3. The van der Waals surface area contributed by atoms with Crippen molar-refractivity contribution in [2.45, 2.75) is 18.8 Å². The molecule has 1 heterocycles. The van der Waals surface area contributed by atoms with Crippen LogP contribution in [-0.2, 0) is 0 Å². The van der Waals surface area contributed by atoms with E-state index in [0.29, 0.717) is 18.4 Å². The number of nitrogens with one attached hydrogen (secondary N) is 3. The average molecular weight is 384 g/mol. The summed E-state index contributed by atoms with van der Waals surface area (Å²) in [7, 11) is 3.86. The molecule has 2 aromatic rings. The summed E-state index contributed by atoms with van der Waals surface area (Å²) in [4.78, 5) is 10.6. The van der Waals surface area contributed by atoms with Crippen molar-refractivity contribution in [3.8, 4) is 0 Å². The van der Waals surface area contributed by atoms with Crippen molar-refractivity contribution < 1.29 is 17.6 Å². The second kappa shape index (κ2) is 7.95. The number of nitrogens with zero attached hydrogens (tertiary/aromatic N) is 3. The van der Waals surface area contributed by atoms with Crippen LogP contribution in [0.3, 0.4) is 0 Å². The Bertz CT molecular complexity index is 799. The summed E-state index contributed by atoms with van der Waals surface area (Å²) >= 11 is 0. The number of likely N-dealkylation sites (N-methyl/N-ethyl adjacent to an activating group) is 1. The van der Waals surface area contributed by atoms with Crippen molar-refractivity contribution in [3.05, 3.63) is 41.1 Å². The molecule has 1 saturated carbocycles. The van der Waals surface area contributed by atoms with Crippen molar-refractivity contribution >= 4 is 17.5 Å². The van der Waals surface area contributed by atoms with Crippen molar-refractivity contribution in [3.63, 3.8) is 0 Å². The lowest BCUT2D eigenvalue weighted by atomic mass is 10.2. The van der Waals surface area contributed by atoms with Gasteiger partial charge in [-0.1, -0.05) is 0 Å². The van der Waals surface area contributed by atoms with Crippen LogP contribution in [-0.4, -0.2) is 42.1 Å². The average Bonchev–Trinajstić information content (AvgIpc) is 3.45. The highest BCUT2D eigenvalue weighted by molar-refractivity contribution is 5.53. The maximum atomic E-state index is 13.8. The van der Waals surface area contributed by atoms with Crippen LogP contribution in [0, 0.1) is 23.3 Å². The molecule has 1 aliphatic rings. The number of rotatable bonds is 8. The Kier molecular flexibility index (Phi) is 5.64. The first-order valence-corrected chi connectivity index (χ1v) is 8.47. The second-order valence-corrected chi connectivity index (χ2v) is 6.60. The first-order valence-electron chi connectivity index (χ1n) is 8.47. The largest absolute Gasteiger partial charge is 0.353 e. The van der Waals surface area contributed by atoms with Gasteiger partial charge in [0.15, 0.2) is 23.3 Å². The molecule has 10 heteroatoms. The fourth-order valence-electron chi connectivity index (χ4n) is 2.40. The summed E-state index contributed by atoms with van der Waals surface area (Å²) in [6.45, 7) is 1.36. The smallest absolute Gasteiger partial charge is 0.224 e. The van der Waals surface area contributed by atoms with Gasteiger partial charge in [0, 0.05) is 31.1 Å². The molecule has 3 N–H and O–H groups in total. The minimum atomic E-state index is -1.53. The van der Waals surface area contributed by atoms with Crippen molar-refractivity contribution in [1.29, 1.82) is 0 Å².